The summed E-state index contributed by atoms with van der Waals surface area (Å²) < 4.78 is 13.7. The van der Waals surface area contributed by atoms with Crippen LogP contribution >= 0.6 is 0 Å². The van der Waals surface area contributed by atoms with Gasteiger partial charge in [0.05, 0.1) is 13.2 Å². The third-order valence-corrected chi connectivity index (χ3v) is 5.91. The Kier molecular flexibility index (Phi) is 9.01. The quantitative estimate of drug-likeness (QED) is 0.335. The third-order valence-electron chi connectivity index (χ3n) is 5.91. The molecule has 32 heavy (non-hydrogen) atoms. The molecule has 0 bridgehead atoms. The predicted molar refractivity (Wildman–Crippen MR) is 129 cm³/mol. The van der Waals surface area contributed by atoms with Gasteiger partial charge in [0.25, 0.3) is 5.56 Å². The highest BCUT2D eigenvalue weighted by Crippen LogP contribution is 2.34. The minimum absolute atomic E-state index is 0.0596. The number of aromatic nitrogens is 1. The molecule has 0 unspecified atom stereocenters. The number of nitrogens with one attached hydrogen (secondary N) is 2. The predicted octanol–water partition coefficient (Wildman–Crippen LogP) is 3.63. The molecule has 7 nitrogen and oxygen atoms in total. The van der Waals surface area contributed by atoms with E-state index in [0.29, 0.717) is 6.54 Å². The number of methoxy groups -OCH3 is 1. The Bertz CT molecular complexity index is 948. The van der Waals surface area contributed by atoms with Gasteiger partial charge in [-0.15, -0.1) is 0 Å². The van der Waals surface area contributed by atoms with Gasteiger partial charge in [-0.1, -0.05) is 18.2 Å². The Hall–Kier alpha value is -2.96. The summed E-state index contributed by atoms with van der Waals surface area (Å²) in [6.07, 6.45) is 6.78. The van der Waals surface area contributed by atoms with Crippen molar-refractivity contribution in [1.29, 1.82) is 0 Å². The van der Waals surface area contributed by atoms with Crippen LogP contribution in [0.25, 0.3) is 0 Å². The summed E-state index contributed by atoms with van der Waals surface area (Å²) in [5, 5.41) is 6.73. The minimum atomic E-state index is 0.0596. The number of benzene rings is 1. The van der Waals surface area contributed by atoms with Gasteiger partial charge in [-0.25, -0.2) is 0 Å². The molecule has 1 saturated carbocycles. The second kappa shape index (κ2) is 12.2. The van der Waals surface area contributed by atoms with Gasteiger partial charge in [-0.3, -0.25) is 9.79 Å². The van der Waals surface area contributed by atoms with E-state index in [1.165, 1.54) is 12.8 Å². The Morgan fingerprint density at radius 1 is 1.12 bits per heavy atom. The molecule has 0 atom stereocenters. The molecule has 2 aromatic rings. The van der Waals surface area contributed by atoms with Crippen LogP contribution in [0.4, 0.5) is 0 Å². The molecule has 1 aromatic heterocycles. The van der Waals surface area contributed by atoms with Crippen LogP contribution in [0, 0.1) is 6.92 Å². The van der Waals surface area contributed by atoms with Crippen molar-refractivity contribution < 1.29 is 9.47 Å². The van der Waals surface area contributed by atoms with Crippen LogP contribution in [0.15, 0.2) is 46.2 Å². The van der Waals surface area contributed by atoms with Gasteiger partial charge in [0.2, 0.25) is 0 Å². The summed E-state index contributed by atoms with van der Waals surface area (Å²) in [5.74, 6) is 2.34. The fourth-order valence-electron chi connectivity index (χ4n) is 4.08. The summed E-state index contributed by atoms with van der Waals surface area (Å²) in [4.78, 5) is 16.3. The summed E-state index contributed by atoms with van der Waals surface area (Å²) in [5.41, 5.74) is 2.11. The van der Waals surface area contributed by atoms with Crippen LogP contribution in [-0.4, -0.2) is 37.3 Å². The first-order chi connectivity index (χ1) is 15.6. The Labute approximate surface area is 190 Å². The lowest BCUT2D eigenvalue weighted by molar-refractivity contribution is 0.198. The molecular weight excluding hydrogens is 404 g/mol. The van der Waals surface area contributed by atoms with Crippen LogP contribution in [0.3, 0.4) is 0 Å². The number of para-hydroxylation sites is 1. The van der Waals surface area contributed by atoms with Gasteiger partial charge in [-0.2, -0.15) is 0 Å². The number of rotatable bonds is 10. The van der Waals surface area contributed by atoms with E-state index < -0.39 is 0 Å². The molecular formula is C25H36N4O3. The van der Waals surface area contributed by atoms with Crippen molar-refractivity contribution in [3.05, 3.63) is 58.0 Å². The fourth-order valence-corrected chi connectivity index (χ4v) is 4.08. The molecule has 0 radical (unpaired) electrons. The molecule has 1 aromatic carbocycles. The lowest BCUT2D eigenvalue weighted by Gasteiger charge is -2.20. The zero-order valence-corrected chi connectivity index (χ0v) is 19.5. The van der Waals surface area contributed by atoms with E-state index in [-0.39, 0.29) is 11.7 Å². The monoisotopic (exact) mass is 440 g/mol. The van der Waals surface area contributed by atoms with Gasteiger partial charge in [0.15, 0.2) is 17.5 Å². The van der Waals surface area contributed by atoms with Crippen LogP contribution in [0.1, 0.15) is 49.8 Å². The average molecular weight is 441 g/mol. The van der Waals surface area contributed by atoms with Crippen molar-refractivity contribution in [2.45, 2.75) is 64.6 Å². The number of pyridine rings is 1. The zero-order valence-electron chi connectivity index (χ0n) is 19.5. The van der Waals surface area contributed by atoms with Gasteiger partial charge in [0.1, 0.15) is 0 Å². The third kappa shape index (κ3) is 6.52. The molecule has 1 aliphatic carbocycles. The molecule has 0 amide bonds. The van der Waals surface area contributed by atoms with Crippen molar-refractivity contribution in [2.24, 2.45) is 4.99 Å². The van der Waals surface area contributed by atoms with Crippen molar-refractivity contribution in [1.82, 2.24) is 15.2 Å². The van der Waals surface area contributed by atoms with Gasteiger partial charge >= 0.3 is 0 Å². The van der Waals surface area contributed by atoms with E-state index in [4.69, 9.17) is 9.47 Å². The minimum Gasteiger partial charge on any atom is -0.493 e. The number of aliphatic imine (C=N–C) groups is 1. The van der Waals surface area contributed by atoms with Crippen LogP contribution in [-0.2, 0) is 13.1 Å². The first-order valence-corrected chi connectivity index (χ1v) is 11.6. The number of hydrogen-bond donors (Lipinski definition) is 2. The first-order valence-electron chi connectivity index (χ1n) is 11.6. The number of ether oxygens (including phenoxy) is 2. The number of unbranched alkanes of at least 4 members (excludes halogenated alkanes) is 1. The second-order valence-electron chi connectivity index (χ2n) is 8.19. The van der Waals surface area contributed by atoms with E-state index in [0.717, 1.165) is 67.5 Å². The molecule has 2 N–H and O–H groups in total. The number of hydrogen-bond acceptors (Lipinski definition) is 4. The van der Waals surface area contributed by atoms with Crippen LogP contribution in [0.2, 0.25) is 0 Å². The Balaban J connectivity index is 1.48. The Morgan fingerprint density at radius 2 is 1.91 bits per heavy atom. The second-order valence-corrected chi connectivity index (χ2v) is 8.19. The molecule has 0 saturated heterocycles. The maximum Gasteiger partial charge on any atom is 0.250 e. The van der Waals surface area contributed by atoms with Gasteiger partial charge < -0.3 is 24.7 Å². The van der Waals surface area contributed by atoms with E-state index in [1.54, 1.807) is 26.3 Å². The van der Waals surface area contributed by atoms with E-state index in [1.807, 2.05) is 29.7 Å². The topological polar surface area (TPSA) is 76.9 Å². The maximum atomic E-state index is 12.0. The summed E-state index contributed by atoms with van der Waals surface area (Å²) in [6, 6.07) is 11.4. The summed E-state index contributed by atoms with van der Waals surface area (Å²) in [7, 11) is 3.45. The lowest BCUT2D eigenvalue weighted by atomic mass is 10.1. The SMILES string of the molecule is CN=C(NCCCCn1c(C)cccc1=O)NCc1cccc(OC)c1OC1CCCC1. The molecule has 7 heteroatoms. The Morgan fingerprint density at radius 3 is 2.62 bits per heavy atom. The van der Waals surface area contributed by atoms with E-state index >= 15 is 0 Å². The van der Waals surface area contributed by atoms with Gasteiger partial charge in [0, 0.05) is 44.0 Å². The average Bonchev–Trinajstić information content (AvgIpc) is 3.31. The van der Waals surface area contributed by atoms with Crippen LogP contribution < -0.4 is 25.7 Å². The van der Waals surface area contributed by atoms with Crippen molar-refractivity contribution in [3.8, 4) is 11.5 Å². The molecule has 3 rings (SSSR count). The number of guanidine groups is 1. The van der Waals surface area contributed by atoms with E-state index in [2.05, 4.69) is 21.7 Å². The normalized spacial score (nSPS) is 14.4. The highest BCUT2D eigenvalue weighted by molar-refractivity contribution is 5.79. The molecule has 0 spiro atoms. The molecule has 174 valence electrons. The van der Waals surface area contributed by atoms with Crippen molar-refractivity contribution in [3.63, 3.8) is 0 Å². The molecule has 0 aliphatic heterocycles. The molecule has 1 aliphatic rings. The smallest absolute Gasteiger partial charge is 0.250 e. The van der Waals surface area contributed by atoms with E-state index in [9.17, 15) is 4.79 Å². The standard InChI is InChI=1S/C25H36N4O3/c1-19-10-8-15-23(30)29(19)17-7-6-16-27-25(26-2)28-18-20-11-9-14-22(31-3)24(20)32-21-12-4-5-13-21/h8-11,14-15,21H,4-7,12-13,16-18H2,1-3H3,(H2,26,27,28). The number of nitrogens with zero attached hydrogens (tertiary/aromatic N) is 2. The maximum absolute atomic E-state index is 12.0. The van der Waals surface area contributed by atoms with Crippen molar-refractivity contribution in [2.75, 3.05) is 20.7 Å². The first kappa shape index (κ1) is 23.7. The van der Waals surface area contributed by atoms with Crippen molar-refractivity contribution >= 4 is 5.96 Å². The zero-order chi connectivity index (χ0) is 22.8. The van der Waals surface area contributed by atoms with Gasteiger partial charge in [-0.05, 0) is 57.6 Å². The van der Waals surface area contributed by atoms with Crippen LogP contribution in [0.5, 0.6) is 11.5 Å². The largest absolute Gasteiger partial charge is 0.493 e. The summed E-state index contributed by atoms with van der Waals surface area (Å²) in [6.45, 7) is 4.07. The summed E-state index contributed by atoms with van der Waals surface area (Å²) >= 11 is 0. The molecule has 1 fully saturated rings. The lowest BCUT2D eigenvalue weighted by Crippen LogP contribution is -2.37. The fraction of sp³-hybridized carbons (Fsp3) is 0.520. The highest BCUT2D eigenvalue weighted by atomic mass is 16.5. The molecule has 1 heterocycles. The highest BCUT2D eigenvalue weighted by Gasteiger charge is 2.20. The number of aryl methyl sites for hydroxylation is 1.